The first kappa shape index (κ1) is 12.9. The highest BCUT2D eigenvalue weighted by atomic mass is 35.5. The molecule has 0 saturated carbocycles. The molecule has 2 aromatic carbocycles. The second-order valence-corrected chi connectivity index (χ2v) is 4.55. The lowest BCUT2D eigenvalue weighted by molar-refractivity contribution is 0.791. The monoisotopic (exact) mass is 260 g/mol. The van der Waals surface area contributed by atoms with E-state index in [1.165, 1.54) is 11.1 Å². The molecule has 0 atom stereocenters. The average molecular weight is 261 g/mol. The van der Waals surface area contributed by atoms with Gasteiger partial charge in [-0.15, -0.1) is 0 Å². The van der Waals surface area contributed by atoms with Crippen LogP contribution in [0.15, 0.2) is 48.5 Å². The smallest absolute Gasteiger partial charge is 0.0487 e. The molecule has 0 amide bonds. The lowest BCUT2D eigenvalue weighted by Gasteiger charge is -2.11. The normalized spacial score (nSPS) is 10.3. The summed E-state index contributed by atoms with van der Waals surface area (Å²) in [6.45, 7) is 2.91. The Morgan fingerprint density at radius 2 is 1.78 bits per heavy atom. The average Bonchev–Trinajstić information content (AvgIpc) is 2.41. The van der Waals surface area contributed by atoms with Crippen LogP contribution < -0.4 is 10.9 Å². The topological polar surface area (TPSA) is 24.1 Å². The van der Waals surface area contributed by atoms with Crippen LogP contribution in [-0.2, 0) is 13.0 Å². The second-order valence-electron chi connectivity index (χ2n) is 4.11. The molecule has 0 spiro atoms. The van der Waals surface area contributed by atoms with Crippen LogP contribution in [0.4, 0.5) is 5.69 Å². The van der Waals surface area contributed by atoms with Crippen molar-refractivity contribution in [1.82, 2.24) is 5.43 Å². The van der Waals surface area contributed by atoms with Crippen molar-refractivity contribution >= 4 is 17.3 Å². The van der Waals surface area contributed by atoms with Gasteiger partial charge in [-0.1, -0.05) is 42.8 Å². The van der Waals surface area contributed by atoms with Crippen LogP contribution in [0.5, 0.6) is 0 Å². The van der Waals surface area contributed by atoms with Crippen LogP contribution in [-0.4, -0.2) is 0 Å². The number of aryl methyl sites for hydroxylation is 1. The molecule has 2 nitrogen and oxygen atoms in total. The molecule has 0 aliphatic rings. The van der Waals surface area contributed by atoms with Gasteiger partial charge in [-0.2, -0.15) is 0 Å². The Hall–Kier alpha value is -1.51. The maximum Gasteiger partial charge on any atom is 0.0487 e. The summed E-state index contributed by atoms with van der Waals surface area (Å²) in [5.41, 5.74) is 10.0. The third kappa shape index (κ3) is 3.49. The van der Waals surface area contributed by atoms with Crippen molar-refractivity contribution in [3.05, 3.63) is 64.7 Å². The van der Waals surface area contributed by atoms with Gasteiger partial charge in [0.1, 0.15) is 0 Å². The fourth-order valence-corrected chi connectivity index (χ4v) is 2.05. The van der Waals surface area contributed by atoms with E-state index in [9.17, 15) is 0 Å². The van der Waals surface area contributed by atoms with Crippen LogP contribution in [0.1, 0.15) is 18.1 Å². The molecule has 0 fully saturated rings. The minimum absolute atomic E-state index is 0.773. The van der Waals surface area contributed by atoms with Gasteiger partial charge >= 0.3 is 0 Å². The predicted octanol–water partition coefficient (Wildman–Crippen LogP) is 4.02. The van der Waals surface area contributed by atoms with E-state index in [0.717, 1.165) is 23.7 Å². The Kier molecular flexibility index (Phi) is 4.62. The largest absolute Gasteiger partial charge is 0.321 e. The molecule has 0 radical (unpaired) electrons. The van der Waals surface area contributed by atoms with Crippen LogP contribution in [0.25, 0.3) is 0 Å². The molecular formula is C15H17ClN2. The Morgan fingerprint density at radius 3 is 2.50 bits per heavy atom. The number of nitrogens with one attached hydrogen (secondary N) is 2. The van der Waals surface area contributed by atoms with Gasteiger partial charge in [0.25, 0.3) is 0 Å². The molecule has 0 bridgehead atoms. The zero-order valence-electron chi connectivity index (χ0n) is 10.4. The third-order valence-electron chi connectivity index (χ3n) is 2.83. The van der Waals surface area contributed by atoms with Gasteiger partial charge in [-0.25, -0.2) is 5.43 Å². The Morgan fingerprint density at radius 1 is 1.00 bits per heavy atom. The van der Waals surface area contributed by atoms with Gasteiger partial charge in [0.2, 0.25) is 0 Å². The zero-order chi connectivity index (χ0) is 12.8. The molecule has 2 rings (SSSR count). The quantitative estimate of drug-likeness (QED) is 0.794. The van der Waals surface area contributed by atoms with E-state index in [1.54, 1.807) is 0 Å². The van der Waals surface area contributed by atoms with Crippen molar-refractivity contribution in [2.45, 2.75) is 19.9 Å². The van der Waals surface area contributed by atoms with Crippen LogP contribution in [0.3, 0.4) is 0 Å². The Labute approximate surface area is 113 Å². The fourth-order valence-electron chi connectivity index (χ4n) is 1.86. The summed E-state index contributed by atoms with van der Waals surface area (Å²) in [5.74, 6) is 0. The first-order chi connectivity index (χ1) is 8.79. The maximum atomic E-state index is 5.99. The van der Waals surface area contributed by atoms with Gasteiger partial charge in [-0.05, 0) is 41.8 Å². The number of anilines is 1. The van der Waals surface area contributed by atoms with Gasteiger partial charge in [-0.3, -0.25) is 0 Å². The van der Waals surface area contributed by atoms with Gasteiger partial charge in [0, 0.05) is 17.3 Å². The number of benzene rings is 2. The molecular weight excluding hydrogens is 244 g/mol. The van der Waals surface area contributed by atoms with E-state index in [-0.39, 0.29) is 0 Å². The first-order valence-electron chi connectivity index (χ1n) is 6.11. The summed E-state index contributed by atoms with van der Waals surface area (Å²) < 4.78 is 0. The van der Waals surface area contributed by atoms with E-state index in [4.69, 9.17) is 11.6 Å². The number of halogens is 1. The predicted molar refractivity (Wildman–Crippen MR) is 77.7 cm³/mol. The maximum absolute atomic E-state index is 5.99. The highest BCUT2D eigenvalue weighted by Gasteiger charge is 2.01. The molecule has 2 aromatic rings. The van der Waals surface area contributed by atoms with Gasteiger partial charge in [0.15, 0.2) is 0 Å². The summed E-state index contributed by atoms with van der Waals surface area (Å²) in [7, 11) is 0. The highest BCUT2D eigenvalue weighted by Crippen LogP contribution is 2.16. The van der Waals surface area contributed by atoms with E-state index in [0.29, 0.717) is 0 Å². The van der Waals surface area contributed by atoms with Crippen molar-refractivity contribution in [2.24, 2.45) is 0 Å². The minimum Gasteiger partial charge on any atom is -0.321 e. The molecule has 0 unspecified atom stereocenters. The minimum atomic E-state index is 0.773. The number of hydrogen-bond acceptors (Lipinski definition) is 2. The first-order valence-corrected chi connectivity index (χ1v) is 6.48. The Bertz CT molecular complexity index is 497. The van der Waals surface area contributed by atoms with E-state index in [1.807, 2.05) is 42.5 Å². The van der Waals surface area contributed by atoms with Crippen molar-refractivity contribution in [1.29, 1.82) is 0 Å². The number of para-hydroxylation sites is 1. The third-order valence-corrected chi connectivity index (χ3v) is 3.07. The molecule has 0 aromatic heterocycles. The molecule has 3 heteroatoms. The second kappa shape index (κ2) is 6.43. The molecule has 2 N–H and O–H groups in total. The van der Waals surface area contributed by atoms with Crippen molar-refractivity contribution in [3.8, 4) is 0 Å². The summed E-state index contributed by atoms with van der Waals surface area (Å²) in [4.78, 5) is 0. The van der Waals surface area contributed by atoms with E-state index >= 15 is 0 Å². The Balaban J connectivity index is 1.94. The van der Waals surface area contributed by atoms with Crippen LogP contribution in [0, 0.1) is 0 Å². The van der Waals surface area contributed by atoms with Crippen LogP contribution >= 0.6 is 11.6 Å². The van der Waals surface area contributed by atoms with E-state index < -0.39 is 0 Å². The summed E-state index contributed by atoms with van der Waals surface area (Å²) in [5, 5.41) is 0.798. The van der Waals surface area contributed by atoms with E-state index in [2.05, 4.69) is 23.8 Å². The van der Waals surface area contributed by atoms with Crippen molar-refractivity contribution in [2.75, 3.05) is 5.43 Å². The van der Waals surface area contributed by atoms with Crippen molar-refractivity contribution < 1.29 is 0 Å². The molecule has 94 valence electrons. The summed E-state index contributed by atoms with van der Waals surface area (Å²) in [6, 6.07) is 16.1. The van der Waals surface area contributed by atoms with Gasteiger partial charge in [0.05, 0.1) is 0 Å². The van der Waals surface area contributed by atoms with Crippen LogP contribution in [0.2, 0.25) is 5.02 Å². The fraction of sp³-hybridized carbons (Fsp3) is 0.200. The highest BCUT2D eigenvalue weighted by molar-refractivity contribution is 6.30. The standard InChI is InChI=1S/C15H17ClN2/c1-2-12-10-14(16)9-8-13(12)11-17-18-15-6-4-3-5-7-15/h3-10,17-18H,2,11H2,1H3. The SMILES string of the molecule is CCc1cc(Cl)ccc1CNNc1ccccc1. The number of rotatable bonds is 5. The van der Waals surface area contributed by atoms with Gasteiger partial charge < -0.3 is 5.43 Å². The number of hydrazine groups is 1. The molecule has 0 aliphatic heterocycles. The lowest BCUT2D eigenvalue weighted by Crippen LogP contribution is -2.21. The van der Waals surface area contributed by atoms with Crippen molar-refractivity contribution in [3.63, 3.8) is 0 Å². The number of hydrogen-bond donors (Lipinski definition) is 2. The molecule has 0 saturated heterocycles. The lowest BCUT2D eigenvalue weighted by atomic mass is 10.1. The molecule has 18 heavy (non-hydrogen) atoms. The summed E-state index contributed by atoms with van der Waals surface area (Å²) >= 11 is 5.99. The summed E-state index contributed by atoms with van der Waals surface area (Å²) in [6.07, 6.45) is 0.989. The molecule has 0 heterocycles. The molecule has 0 aliphatic carbocycles. The zero-order valence-corrected chi connectivity index (χ0v) is 11.2.